The number of aryl methyl sites for hydroxylation is 2. The quantitative estimate of drug-likeness (QED) is 0.318. The fraction of sp³-hybridized carbons (Fsp3) is 0.160. The van der Waals surface area contributed by atoms with Crippen LogP contribution in [0.5, 0.6) is 0 Å². The van der Waals surface area contributed by atoms with E-state index in [1.54, 1.807) is 11.3 Å². The number of carboxylic acid groups (broad SMARTS) is 1. The number of aromatic nitrogens is 3. The van der Waals surface area contributed by atoms with Gasteiger partial charge in [-0.3, -0.25) is 9.48 Å². The van der Waals surface area contributed by atoms with Gasteiger partial charge in [-0.1, -0.05) is 29.8 Å². The van der Waals surface area contributed by atoms with Crippen LogP contribution in [0.25, 0.3) is 42.8 Å². The van der Waals surface area contributed by atoms with Crippen LogP contribution in [0.4, 0.5) is 5.82 Å². The van der Waals surface area contributed by atoms with E-state index in [0.29, 0.717) is 5.02 Å². The van der Waals surface area contributed by atoms with Crippen molar-refractivity contribution in [3.63, 3.8) is 0 Å². The van der Waals surface area contributed by atoms with E-state index in [2.05, 4.69) is 28.6 Å². The summed E-state index contributed by atoms with van der Waals surface area (Å²) < 4.78 is 2.82. The molecule has 0 radical (unpaired) electrons. The molecule has 2 heterocycles. The summed E-state index contributed by atoms with van der Waals surface area (Å²) in [4.78, 5) is 16.6. The first kappa shape index (κ1) is 21.4. The number of anilines is 1. The Morgan fingerprint density at radius 2 is 1.88 bits per heavy atom. The molecule has 0 spiro atoms. The van der Waals surface area contributed by atoms with Crippen molar-refractivity contribution in [2.45, 2.75) is 13.3 Å². The van der Waals surface area contributed by atoms with Crippen molar-refractivity contribution in [1.82, 2.24) is 14.8 Å². The first-order chi connectivity index (χ1) is 15.9. The number of hydrogen-bond acceptors (Lipinski definition) is 5. The first-order valence-electron chi connectivity index (χ1n) is 10.4. The van der Waals surface area contributed by atoms with E-state index >= 15 is 0 Å². The Labute approximate surface area is 199 Å². The van der Waals surface area contributed by atoms with Gasteiger partial charge in [0.15, 0.2) is 5.82 Å². The van der Waals surface area contributed by atoms with Gasteiger partial charge in [0.2, 0.25) is 0 Å². The van der Waals surface area contributed by atoms with Crippen LogP contribution >= 0.6 is 22.9 Å². The molecule has 0 atom stereocenters. The zero-order valence-corrected chi connectivity index (χ0v) is 19.9. The second-order valence-electron chi connectivity index (χ2n) is 7.95. The number of nitrogens with zero attached hydrogens (tertiary/aromatic N) is 3. The lowest BCUT2D eigenvalue weighted by atomic mass is 9.93. The molecule has 0 saturated carbocycles. The number of rotatable bonds is 5. The van der Waals surface area contributed by atoms with E-state index < -0.39 is 5.97 Å². The fourth-order valence-corrected chi connectivity index (χ4v) is 5.50. The number of carbonyl (C=O) groups is 1. The summed E-state index contributed by atoms with van der Waals surface area (Å²) in [5.41, 5.74) is 6.41. The minimum Gasteiger partial charge on any atom is -0.481 e. The Balaban J connectivity index is 1.74. The fourth-order valence-electron chi connectivity index (χ4n) is 4.23. The van der Waals surface area contributed by atoms with Crippen LogP contribution < -0.4 is 5.32 Å². The van der Waals surface area contributed by atoms with E-state index in [-0.39, 0.29) is 6.42 Å². The molecule has 5 aromatic rings. The number of nitrogens with one attached hydrogen (secondary N) is 1. The molecule has 2 aromatic heterocycles. The number of benzene rings is 3. The van der Waals surface area contributed by atoms with Crippen molar-refractivity contribution >= 4 is 55.8 Å². The molecule has 166 valence electrons. The molecular formula is C25H21ClN4O2S. The molecule has 33 heavy (non-hydrogen) atoms. The maximum absolute atomic E-state index is 11.7. The molecule has 0 amide bonds. The van der Waals surface area contributed by atoms with Gasteiger partial charge in [0, 0.05) is 35.6 Å². The molecule has 0 aliphatic rings. The van der Waals surface area contributed by atoms with Crippen molar-refractivity contribution in [2.24, 2.45) is 7.05 Å². The van der Waals surface area contributed by atoms with E-state index in [9.17, 15) is 9.90 Å². The zero-order valence-electron chi connectivity index (χ0n) is 18.3. The first-order valence-corrected chi connectivity index (χ1v) is 11.6. The number of thiazole rings is 1. The summed E-state index contributed by atoms with van der Waals surface area (Å²) >= 11 is 7.68. The highest BCUT2D eigenvalue weighted by Crippen LogP contribution is 2.41. The Hall–Kier alpha value is -3.42. The highest BCUT2D eigenvalue weighted by Gasteiger charge is 2.20. The van der Waals surface area contributed by atoms with Gasteiger partial charge in [0.25, 0.3) is 0 Å². The Morgan fingerprint density at radius 1 is 1.15 bits per heavy atom. The molecule has 0 unspecified atom stereocenters. The predicted molar refractivity (Wildman–Crippen MR) is 135 cm³/mol. The molecule has 0 saturated heterocycles. The molecule has 0 aliphatic carbocycles. The topological polar surface area (TPSA) is 80.0 Å². The molecule has 2 N–H and O–H groups in total. The third kappa shape index (κ3) is 3.73. The molecule has 8 heteroatoms. The van der Waals surface area contributed by atoms with Crippen molar-refractivity contribution in [2.75, 3.05) is 12.4 Å². The van der Waals surface area contributed by atoms with Crippen LogP contribution in [0.2, 0.25) is 5.02 Å². The average molecular weight is 477 g/mol. The molecular weight excluding hydrogens is 456 g/mol. The normalized spacial score (nSPS) is 11.4. The maximum Gasteiger partial charge on any atom is 0.307 e. The molecule has 0 bridgehead atoms. The van der Waals surface area contributed by atoms with Gasteiger partial charge in [0.1, 0.15) is 5.01 Å². The van der Waals surface area contributed by atoms with E-state index in [1.807, 2.05) is 56.0 Å². The van der Waals surface area contributed by atoms with Gasteiger partial charge in [-0.2, -0.15) is 5.10 Å². The van der Waals surface area contributed by atoms with E-state index in [0.717, 1.165) is 59.8 Å². The van der Waals surface area contributed by atoms with Crippen LogP contribution in [0.3, 0.4) is 0 Å². The second-order valence-corrected chi connectivity index (χ2v) is 9.38. The van der Waals surface area contributed by atoms with Gasteiger partial charge in [-0.05, 0) is 53.9 Å². The summed E-state index contributed by atoms with van der Waals surface area (Å²) in [6.45, 7) is 1.94. The van der Waals surface area contributed by atoms with Gasteiger partial charge < -0.3 is 10.4 Å². The van der Waals surface area contributed by atoms with Crippen molar-refractivity contribution < 1.29 is 9.90 Å². The minimum absolute atomic E-state index is 0.0548. The lowest BCUT2D eigenvalue weighted by Crippen LogP contribution is -2.04. The summed E-state index contributed by atoms with van der Waals surface area (Å²) in [5, 5.41) is 19.8. The summed E-state index contributed by atoms with van der Waals surface area (Å²) in [7, 11) is 3.78. The summed E-state index contributed by atoms with van der Waals surface area (Å²) in [6.07, 6.45) is -0.0548. The third-order valence-corrected chi connectivity index (χ3v) is 7.20. The van der Waals surface area contributed by atoms with Crippen LogP contribution in [-0.2, 0) is 18.3 Å². The van der Waals surface area contributed by atoms with Crippen LogP contribution in [0, 0.1) is 6.92 Å². The maximum atomic E-state index is 11.7. The minimum atomic E-state index is -0.862. The van der Waals surface area contributed by atoms with Crippen LogP contribution in [0.15, 0.2) is 48.5 Å². The molecule has 3 aromatic carbocycles. The van der Waals surface area contributed by atoms with Crippen molar-refractivity contribution in [3.05, 3.63) is 64.7 Å². The Morgan fingerprint density at radius 3 is 2.58 bits per heavy atom. The van der Waals surface area contributed by atoms with Crippen molar-refractivity contribution in [3.8, 4) is 21.7 Å². The highest BCUT2D eigenvalue weighted by atomic mass is 35.5. The summed E-state index contributed by atoms with van der Waals surface area (Å²) in [6, 6.07) is 15.7. The zero-order chi connectivity index (χ0) is 23.3. The smallest absolute Gasteiger partial charge is 0.307 e. The number of carboxylic acids is 1. The van der Waals surface area contributed by atoms with E-state index in [1.165, 1.54) is 0 Å². The van der Waals surface area contributed by atoms with Crippen LogP contribution in [-0.4, -0.2) is 32.9 Å². The summed E-state index contributed by atoms with van der Waals surface area (Å²) in [5.74, 6) is -0.0262. The number of aliphatic carboxylic acids is 1. The third-order valence-electron chi connectivity index (χ3n) is 5.81. The van der Waals surface area contributed by atoms with Gasteiger partial charge in [-0.25, -0.2) is 4.98 Å². The lowest BCUT2D eigenvalue weighted by molar-refractivity contribution is -0.136. The molecule has 0 fully saturated rings. The standard InChI is InChI=1S/C25H21ClN4O2S/c1-13-10-19-23(22(18(13)12-21(31)32)14-4-7-16(26)8-5-14)33-25(28-19)15-6-9-17-20(11-15)30(3)29-24(17)27-2/h4-11H,12H2,1-3H3,(H,27,29)(H,31,32). The molecule has 5 rings (SSSR count). The predicted octanol–water partition coefficient (Wildman–Crippen LogP) is 6.15. The van der Waals surface area contributed by atoms with Gasteiger partial charge in [0.05, 0.1) is 22.2 Å². The van der Waals surface area contributed by atoms with Gasteiger partial charge >= 0.3 is 5.97 Å². The Bertz CT molecular complexity index is 1540. The highest BCUT2D eigenvalue weighted by molar-refractivity contribution is 7.22. The molecule has 0 aliphatic heterocycles. The van der Waals surface area contributed by atoms with E-state index in [4.69, 9.17) is 16.6 Å². The average Bonchev–Trinajstić information content (AvgIpc) is 3.35. The second kappa shape index (κ2) is 8.17. The number of halogens is 1. The number of hydrogen-bond donors (Lipinski definition) is 2. The van der Waals surface area contributed by atoms with Crippen LogP contribution in [0.1, 0.15) is 11.1 Å². The SMILES string of the molecule is CNc1nn(C)c2cc(-c3nc4cc(C)c(CC(=O)O)c(-c5ccc(Cl)cc5)c4s3)ccc12. The molecule has 6 nitrogen and oxygen atoms in total. The lowest BCUT2D eigenvalue weighted by Gasteiger charge is -2.13. The number of fused-ring (bicyclic) bond motifs is 2. The Kier molecular flexibility index (Phi) is 5.31. The van der Waals surface area contributed by atoms with Gasteiger partial charge in [-0.15, -0.1) is 11.3 Å². The largest absolute Gasteiger partial charge is 0.481 e. The monoisotopic (exact) mass is 476 g/mol. The van der Waals surface area contributed by atoms with Crippen molar-refractivity contribution in [1.29, 1.82) is 0 Å².